The first-order valence-electron chi connectivity index (χ1n) is 6.63. The SMILES string of the molecule is CC(C)C1CC(NCCc2cccc(F)c2)C1. The Bertz CT molecular complexity index is 356. The normalized spacial score (nSPS) is 23.8. The maximum Gasteiger partial charge on any atom is 0.123 e. The lowest BCUT2D eigenvalue weighted by atomic mass is 9.73. The van der Waals surface area contributed by atoms with Crippen molar-refractivity contribution >= 4 is 0 Å². The summed E-state index contributed by atoms with van der Waals surface area (Å²) in [5, 5.41) is 3.55. The fraction of sp³-hybridized carbons (Fsp3) is 0.600. The number of rotatable bonds is 5. The molecule has 0 saturated heterocycles. The van der Waals surface area contributed by atoms with Crippen molar-refractivity contribution in [2.24, 2.45) is 11.8 Å². The van der Waals surface area contributed by atoms with E-state index in [-0.39, 0.29) is 5.82 Å². The molecule has 1 N–H and O–H groups in total. The van der Waals surface area contributed by atoms with Gasteiger partial charge in [-0.05, 0) is 55.3 Å². The standard InChI is InChI=1S/C15H22FN/c1-11(2)13-9-15(10-13)17-7-6-12-4-3-5-14(16)8-12/h3-5,8,11,13,15,17H,6-7,9-10H2,1-2H3. The van der Waals surface area contributed by atoms with Gasteiger partial charge in [0.25, 0.3) is 0 Å². The third-order valence-electron chi connectivity index (χ3n) is 3.85. The fourth-order valence-corrected chi connectivity index (χ4v) is 2.49. The lowest BCUT2D eigenvalue weighted by molar-refractivity contribution is 0.169. The van der Waals surface area contributed by atoms with Crippen molar-refractivity contribution in [3.8, 4) is 0 Å². The van der Waals surface area contributed by atoms with Crippen LogP contribution < -0.4 is 5.32 Å². The number of halogens is 1. The molecule has 0 heterocycles. The number of hydrogen-bond donors (Lipinski definition) is 1. The predicted octanol–water partition coefficient (Wildman–Crippen LogP) is 3.39. The Morgan fingerprint density at radius 3 is 2.76 bits per heavy atom. The Morgan fingerprint density at radius 1 is 1.35 bits per heavy atom. The molecule has 1 aromatic rings. The molecule has 0 spiro atoms. The van der Waals surface area contributed by atoms with Crippen molar-refractivity contribution in [1.29, 1.82) is 0 Å². The van der Waals surface area contributed by atoms with Crippen LogP contribution in [0, 0.1) is 17.7 Å². The molecule has 2 heteroatoms. The van der Waals surface area contributed by atoms with E-state index in [9.17, 15) is 4.39 Å². The summed E-state index contributed by atoms with van der Waals surface area (Å²) in [6.07, 6.45) is 3.53. The highest BCUT2D eigenvalue weighted by molar-refractivity contribution is 5.16. The zero-order chi connectivity index (χ0) is 12.3. The highest BCUT2D eigenvalue weighted by atomic mass is 19.1. The van der Waals surface area contributed by atoms with E-state index < -0.39 is 0 Å². The topological polar surface area (TPSA) is 12.0 Å². The van der Waals surface area contributed by atoms with E-state index in [1.165, 1.54) is 18.9 Å². The molecule has 0 radical (unpaired) electrons. The van der Waals surface area contributed by atoms with Gasteiger partial charge in [-0.15, -0.1) is 0 Å². The zero-order valence-corrected chi connectivity index (χ0v) is 10.7. The summed E-state index contributed by atoms with van der Waals surface area (Å²) in [6, 6.07) is 7.58. The summed E-state index contributed by atoms with van der Waals surface area (Å²) < 4.78 is 13.0. The van der Waals surface area contributed by atoms with Crippen LogP contribution in [-0.4, -0.2) is 12.6 Å². The van der Waals surface area contributed by atoms with Gasteiger partial charge in [0.15, 0.2) is 0 Å². The lowest BCUT2D eigenvalue weighted by Gasteiger charge is -2.38. The smallest absolute Gasteiger partial charge is 0.123 e. The van der Waals surface area contributed by atoms with E-state index in [4.69, 9.17) is 0 Å². The predicted molar refractivity (Wildman–Crippen MR) is 69.5 cm³/mol. The van der Waals surface area contributed by atoms with Gasteiger partial charge in [-0.25, -0.2) is 4.39 Å². The van der Waals surface area contributed by atoms with E-state index in [1.807, 2.05) is 6.07 Å². The fourth-order valence-electron chi connectivity index (χ4n) is 2.49. The molecule has 0 bridgehead atoms. The van der Waals surface area contributed by atoms with Crippen molar-refractivity contribution < 1.29 is 4.39 Å². The highest BCUT2D eigenvalue weighted by Crippen LogP contribution is 2.33. The van der Waals surface area contributed by atoms with Crippen molar-refractivity contribution in [1.82, 2.24) is 5.32 Å². The van der Waals surface area contributed by atoms with E-state index in [0.717, 1.165) is 30.4 Å². The Labute approximate surface area is 103 Å². The molecule has 1 aromatic carbocycles. The molecule has 0 atom stereocenters. The van der Waals surface area contributed by atoms with Crippen LogP contribution in [0.5, 0.6) is 0 Å². The van der Waals surface area contributed by atoms with Crippen LogP contribution in [0.3, 0.4) is 0 Å². The van der Waals surface area contributed by atoms with E-state index in [0.29, 0.717) is 6.04 Å². The molecule has 0 aliphatic heterocycles. The van der Waals surface area contributed by atoms with Crippen LogP contribution in [0.1, 0.15) is 32.3 Å². The summed E-state index contributed by atoms with van der Waals surface area (Å²) in [4.78, 5) is 0. The van der Waals surface area contributed by atoms with Gasteiger partial charge in [-0.1, -0.05) is 26.0 Å². The van der Waals surface area contributed by atoms with Crippen LogP contribution >= 0.6 is 0 Å². The minimum atomic E-state index is -0.133. The maximum atomic E-state index is 13.0. The monoisotopic (exact) mass is 235 g/mol. The van der Waals surface area contributed by atoms with Gasteiger partial charge in [-0.3, -0.25) is 0 Å². The highest BCUT2D eigenvalue weighted by Gasteiger charge is 2.30. The lowest BCUT2D eigenvalue weighted by Crippen LogP contribution is -2.43. The first-order valence-corrected chi connectivity index (χ1v) is 6.63. The molecule has 1 nitrogen and oxygen atoms in total. The quantitative estimate of drug-likeness (QED) is 0.825. The van der Waals surface area contributed by atoms with Crippen molar-refractivity contribution in [2.75, 3.05) is 6.54 Å². The summed E-state index contributed by atoms with van der Waals surface area (Å²) in [5.74, 6) is 1.59. The van der Waals surface area contributed by atoms with Crippen molar-refractivity contribution in [2.45, 2.75) is 39.2 Å². The first-order chi connectivity index (χ1) is 8.15. The second-order valence-electron chi connectivity index (χ2n) is 5.51. The zero-order valence-electron chi connectivity index (χ0n) is 10.7. The van der Waals surface area contributed by atoms with Gasteiger partial charge in [-0.2, -0.15) is 0 Å². The van der Waals surface area contributed by atoms with Crippen molar-refractivity contribution in [3.05, 3.63) is 35.6 Å². The Kier molecular flexibility index (Phi) is 4.16. The average Bonchev–Trinajstić information content (AvgIpc) is 2.20. The van der Waals surface area contributed by atoms with Gasteiger partial charge in [0.1, 0.15) is 5.82 Å². The van der Waals surface area contributed by atoms with Crippen molar-refractivity contribution in [3.63, 3.8) is 0 Å². The first kappa shape index (κ1) is 12.6. The van der Waals surface area contributed by atoms with Crippen LogP contribution in [0.4, 0.5) is 4.39 Å². The van der Waals surface area contributed by atoms with E-state index in [1.54, 1.807) is 12.1 Å². The molecule has 1 aliphatic rings. The van der Waals surface area contributed by atoms with Gasteiger partial charge >= 0.3 is 0 Å². The molecular formula is C15H22FN. The Morgan fingerprint density at radius 2 is 2.12 bits per heavy atom. The molecule has 0 amide bonds. The third kappa shape index (κ3) is 3.53. The molecule has 0 unspecified atom stereocenters. The van der Waals surface area contributed by atoms with Crippen LogP contribution in [0.15, 0.2) is 24.3 Å². The summed E-state index contributed by atoms with van der Waals surface area (Å²) in [6.45, 7) is 5.56. The molecule has 1 saturated carbocycles. The number of nitrogens with one attached hydrogen (secondary N) is 1. The summed E-state index contributed by atoms with van der Waals surface area (Å²) in [7, 11) is 0. The second kappa shape index (κ2) is 5.63. The molecule has 94 valence electrons. The summed E-state index contributed by atoms with van der Waals surface area (Å²) in [5.41, 5.74) is 1.08. The minimum Gasteiger partial charge on any atom is -0.314 e. The molecule has 0 aromatic heterocycles. The third-order valence-corrected chi connectivity index (χ3v) is 3.85. The summed E-state index contributed by atoms with van der Waals surface area (Å²) >= 11 is 0. The second-order valence-corrected chi connectivity index (χ2v) is 5.51. The van der Waals surface area contributed by atoms with Crippen LogP contribution in [0.2, 0.25) is 0 Å². The number of benzene rings is 1. The maximum absolute atomic E-state index is 13.0. The molecule has 17 heavy (non-hydrogen) atoms. The molecule has 1 aliphatic carbocycles. The molecule has 1 fully saturated rings. The Hall–Kier alpha value is -0.890. The van der Waals surface area contributed by atoms with Crippen LogP contribution in [0.25, 0.3) is 0 Å². The van der Waals surface area contributed by atoms with E-state index in [2.05, 4.69) is 19.2 Å². The molecular weight excluding hydrogens is 213 g/mol. The molecule has 2 rings (SSSR count). The Balaban J connectivity index is 1.64. The minimum absolute atomic E-state index is 0.133. The van der Waals surface area contributed by atoms with Crippen LogP contribution in [-0.2, 0) is 6.42 Å². The van der Waals surface area contributed by atoms with E-state index >= 15 is 0 Å². The van der Waals surface area contributed by atoms with Gasteiger partial charge in [0.2, 0.25) is 0 Å². The number of hydrogen-bond acceptors (Lipinski definition) is 1. The van der Waals surface area contributed by atoms with Gasteiger partial charge < -0.3 is 5.32 Å². The van der Waals surface area contributed by atoms with Gasteiger partial charge in [0, 0.05) is 6.04 Å². The van der Waals surface area contributed by atoms with Gasteiger partial charge in [0.05, 0.1) is 0 Å². The largest absolute Gasteiger partial charge is 0.314 e. The average molecular weight is 235 g/mol.